The van der Waals surface area contributed by atoms with Gasteiger partial charge >= 0.3 is 0 Å². The third-order valence-corrected chi connectivity index (χ3v) is 3.15. The molecule has 0 radical (unpaired) electrons. The summed E-state index contributed by atoms with van der Waals surface area (Å²) in [5.74, 6) is 0.671. The van der Waals surface area contributed by atoms with E-state index in [0.29, 0.717) is 13.1 Å². The van der Waals surface area contributed by atoms with Crippen molar-refractivity contribution in [3.63, 3.8) is 0 Å². The van der Waals surface area contributed by atoms with Gasteiger partial charge in [0, 0.05) is 6.54 Å². The van der Waals surface area contributed by atoms with Crippen LogP contribution in [0.3, 0.4) is 0 Å². The number of carbonyl (C=O) groups is 1. The maximum atomic E-state index is 12.2. The Morgan fingerprint density at radius 3 is 3.00 bits per heavy atom. The Balaban J connectivity index is 2.17. The zero-order chi connectivity index (χ0) is 12.5. The van der Waals surface area contributed by atoms with Crippen LogP contribution in [0, 0.1) is 0 Å². The molecule has 1 atom stereocenters. The molecule has 1 aliphatic rings. The van der Waals surface area contributed by atoms with E-state index in [4.69, 9.17) is 9.52 Å². The van der Waals surface area contributed by atoms with Gasteiger partial charge in [-0.2, -0.15) is 0 Å². The molecule has 1 aromatic rings. The Labute approximate surface area is 100 Å². The number of nitrogens with zero attached hydrogens (tertiary/aromatic N) is 1. The van der Waals surface area contributed by atoms with Gasteiger partial charge in [0.05, 0.1) is 25.0 Å². The highest BCUT2D eigenvalue weighted by Crippen LogP contribution is 2.22. The van der Waals surface area contributed by atoms with Crippen LogP contribution < -0.4 is 5.32 Å². The van der Waals surface area contributed by atoms with Crippen molar-refractivity contribution in [3.8, 4) is 0 Å². The van der Waals surface area contributed by atoms with Gasteiger partial charge < -0.3 is 19.7 Å². The molecule has 5 nitrogen and oxygen atoms in total. The van der Waals surface area contributed by atoms with Gasteiger partial charge in [0.1, 0.15) is 11.8 Å². The van der Waals surface area contributed by atoms with Crippen molar-refractivity contribution in [1.29, 1.82) is 0 Å². The molecule has 2 rings (SSSR count). The van der Waals surface area contributed by atoms with Gasteiger partial charge in [0.2, 0.25) is 5.91 Å². The first-order valence-electron chi connectivity index (χ1n) is 5.73. The molecule has 1 aliphatic heterocycles. The van der Waals surface area contributed by atoms with Crippen molar-refractivity contribution in [2.45, 2.75) is 32.0 Å². The maximum Gasteiger partial charge on any atom is 0.242 e. The topological polar surface area (TPSA) is 65.7 Å². The highest BCUT2D eigenvalue weighted by atomic mass is 16.3. The second-order valence-corrected chi connectivity index (χ2v) is 4.93. The lowest BCUT2D eigenvalue weighted by atomic mass is 9.97. The third kappa shape index (κ3) is 2.35. The van der Waals surface area contributed by atoms with Crippen LogP contribution in [-0.4, -0.2) is 40.6 Å². The molecule has 5 heteroatoms. The minimum atomic E-state index is -0.502. The molecule has 0 bridgehead atoms. The first-order valence-corrected chi connectivity index (χ1v) is 5.73. The summed E-state index contributed by atoms with van der Waals surface area (Å²) < 4.78 is 5.27. The fourth-order valence-corrected chi connectivity index (χ4v) is 2.04. The molecular weight excluding hydrogens is 220 g/mol. The summed E-state index contributed by atoms with van der Waals surface area (Å²) in [5.41, 5.74) is -0.282. The number of aliphatic hydroxyl groups excluding tert-OH is 1. The number of hydrogen-bond donors (Lipinski definition) is 2. The molecule has 0 aromatic carbocycles. The monoisotopic (exact) mass is 238 g/mol. The Morgan fingerprint density at radius 2 is 2.41 bits per heavy atom. The Hall–Kier alpha value is -1.33. The van der Waals surface area contributed by atoms with Crippen LogP contribution in [0.4, 0.5) is 0 Å². The number of hydrogen-bond acceptors (Lipinski definition) is 4. The van der Waals surface area contributed by atoms with Gasteiger partial charge in [-0.15, -0.1) is 0 Å². The van der Waals surface area contributed by atoms with Crippen LogP contribution in [0.15, 0.2) is 22.8 Å². The first-order chi connectivity index (χ1) is 8.04. The average Bonchev–Trinajstić information content (AvgIpc) is 2.77. The second-order valence-electron chi connectivity index (χ2n) is 4.93. The van der Waals surface area contributed by atoms with Crippen LogP contribution in [0.25, 0.3) is 0 Å². The van der Waals surface area contributed by atoms with Crippen molar-refractivity contribution in [1.82, 2.24) is 10.2 Å². The Morgan fingerprint density at radius 1 is 1.65 bits per heavy atom. The van der Waals surface area contributed by atoms with E-state index in [9.17, 15) is 4.79 Å². The molecule has 2 N–H and O–H groups in total. The van der Waals surface area contributed by atoms with Gasteiger partial charge in [-0.1, -0.05) is 0 Å². The minimum Gasteiger partial charge on any atom is -0.467 e. The average molecular weight is 238 g/mol. The van der Waals surface area contributed by atoms with E-state index in [1.807, 2.05) is 19.9 Å². The molecule has 1 unspecified atom stereocenters. The molecule has 1 amide bonds. The molecule has 0 saturated carbocycles. The lowest BCUT2D eigenvalue weighted by Gasteiger charge is -2.45. The third-order valence-electron chi connectivity index (χ3n) is 3.15. The van der Waals surface area contributed by atoms with E-state index in [1.54, 1.807) is 17.2 Å². The fraction of sp³-hybridized carbons (Fsp3) is 0.583. The zero-order valence-electron chi connectivity index (χ0n) is 10.1. The second kappa shape index (κ2) is 4.50. The number of piperazine rings is 1. The van der Waals surface area contributed by atoms with Crippen LogP contribution in [-0.2, 0) is 11.3 Å². The van der Waals surface area contributed by atoms with Crippen molar-refractivity contribution in [3.05, 3.63) is 24.2 Å². The van der Waals surface area contributed by atoms with E-state index < -0.39 is 6.04 Å². The van der Waals surface area contributed by atoms with E-state index in [1.165, 1.54) is 0 Å². The molecule has 0 aliphatic carbocycles. The number of rotatable bonds is 3. The van der Waals surface area contributed by atoms with Crippen molar-refractivity contribution in [2.24, 2.45) is 0 Å². The highest BCUT2D eigenvalue weighted by molar-refractivity contribution is 5.83. The lowest BCUT2D eigenvalue weighted by molar-refractivity contribution is -0.145. The fourth-order valence-electron chi connectivity index (χ4n) is 2.04. The van der Waals surface area contributed by atoms with Crippen LogP contribution >= 0.6 is 0 Å². The number of aliphatic hydroxyl groups is 1. The van der Waals surface area contributed by atoms with Crippen molar-refractivity contribution in [2.75, 3.05) is 13.2 Å². The molecule has 2 heterocycles. The van der Waals surface area contributed by atoms with Crippen LogP contribution in [0.5, 0.6) is 0 Å². The molecule has 1 aromatic heterocycles. The smallest absolute Gasteiger partial charge is 0.242 e. The predicted molar refractivity (Wildman–Crippen MR) is 62.2 cm³/mol. The summed E-state index contributed by atoms with van der Waals surface area (Å²) in [7, 11) is 0. The van der Waals surface area contributed by atoms with Gasteiger partial charge in [0.25, 0.3) is 0 Å². The SMILES string of the molecule is CC1(C)CNC(CO)C(=O)N1Cc1ccco1. The Kier molecular flexibility index (Phi) is 3.22. The van der Waals surface area contributed by atoms with Crippen molar-refractivity contribution >= 4 is 5.91 Å². The van der Waals surface area contributed by atoms with Crippen molar-refractivity contribution < 1.29 is 14.3 Å². The van der Waals surface area contributed by atoms with Crippen LogP contribution in [0.1, 0.15) is 19.6 Å². The summed E-state index contributed by atoms with van der Waals surface area (Å²) in [6.07, 6.45) is 1.60. The van der Waals surface area contributed by atoms with Gasteiger partial charge in [-0.3, -0.25) is 4.79 Å². The lowest BCUT2D eigenvalue weighted by Crippen LogP contribution is -2.65. The largest absolute Gasteiger partial charge is 0.467 e. The summed E-state index contributed by atoms with van der Waals surface area (Å²) in [6, 6.07) is 3.15. The number of furan rings is 1. The summed E-state index contributed by atoms with van der Waals surface area (Å²) in [5, 5.41) is 12.2. The zero-order valence-corrected chi connectivity index (χ0v) is 10.1. The molecule has 1 saturated heterocycles. The van der Waals surface area contributed by atoms with E-state index >= 15 is 0 Å². The van der Waals surface area contributed by atoms with Crippen LogP contribution in [0.2, 0.25) is 0 Å². The number of nitrogens with one attached hydrogen (secondary N) is 1. The molecule has 0 spiro atoms. The molecular formula is C12H18N2O3. The van der Waals surface area contributed by atoms with E-state index in [-0.39, 0.29) is 18.1 Å². The highest BCUT2D eigenvalue weighted by Gasteiger charge is 2.39. The van der Waals surface area contributed by atoms with Gasteiger partial charge in [-0.05, 0) is 26.0 Å². The summed E-state index contributed by atoms with van der Waals surface area (Å²) in [4.78, 5) is 13.9. The molecule has 94 valence electrons. The van der Waals surface area contributed by atoms with E-state index in [0.717, 1.165) is 5.76 Å². The maximum absolute atomic E-state index is 12.2. The predicted octanol–water partition coefficient (Wildman–Crippen LogP) is 0.351. The number of amides is 1. The summed E-state index contributed by atoms with van der Waals surface area (Å²) >= 11 is 0. The normalized spacial score (nSPS) is 24.1. The Bertz CT molecular complexity index is 386. The quantitative estimate of drug-likeness (QED) is 0.797. The number of carbonyl (C=O) groups excluding carboxylic acids is 1. The minimum absolute atomic E-state index is 0.0832. The summed E-state index contributed by atoms with van der Waals surface area (Å²) in [6.45, 7) is 4.91. The molecule has 17 heavy (non-hydrogen) atoms. The first kappa shape index (κ1) is 12.1. The molecule has 1 fully saturated rings. The van der Waals surface area contributed by atoms with Gasteiger partial charge in [0.15, 0.2) is 0 Å². The van der Waals surface area contributed by atoms with E-state index in [2.05, 4.69) is 5.32 Å². The van der Waals surface area contributed by atoms with Gasteiger partial charge in [-0.25, -0.2) is 0 Å². The standard InChI is InChI=1S/C12H18N2O3/c1-12(2)8-13-10(7-15)11(16)14(12)6-9-4-3-5-17-9/h3-5,10,13,15H,6-8H2,1-2H3.